The molecule has 0 N–H and O–H groups in total. The van der Waals surface area contributed by atoms with Crippen LogP contribution in [0.4, 0.5) is 0 Å². The van der Waals surface area contributed by atoms with Crippen LogP contribution in [0.25, 0.3) is 0 Å². The van der Waals surface area contributed by atoms with Gasteiger partial charge >= 0.3 is 10.3 Å². The fourth-order valence-corrected chi connectivity index (χ4v) is 1.53. The number of rotatable bonds is 5. The first-order chi connectivity index (χ1) is 7.90. The van der Waals surface area contributed by atoms with Crippen LogP contribution >= 0.6 is 0 Å². The molecule has 1 rings (SSSR count). The molecule has 94 valence electrons. The van der Waals surface area contributed by atoms with Gasteiger partial charge in [-0.05, 0) is 18.2 Å². The quantitative estimate of drug-likeness (QED) is 0.727. The van der Waals surface area contributed by atoms with Crippen LogP contribution in [0.2, 0.25) is 0 Å². The number of hydrogen-bond acceptors (Lipinski definition) is 5. The van der Waals surface area contributed by atoms with E-state index in [-0.39, 0.29) is 11.5 Å². The maximum absolute atomic E-state index is 11.5. The highest BCUT2D eigenvalue weighted by atomic mass is 32.2. The minimum atomic E-state index is -3.87. The lowest BCUT2D eigenvalue weighted by atomic mass is 10.2. The monoisotopic (exact) mass is 259 g/mol. The van der Waals surface area contributed by atoms with E-state index in [2.05, 4.69) is 0 Å². The van der Waals surface area contributed by atoms with E-state index in [1.807, 2.05) is 0 Å². The zero-order chi connectivity index (χ0) is 13.1. The number of methoxy groups -OCH3 is 1. The topological polar surface area (TPSA) is 72.9 Å². The van der Waals surface area contributed by atoms with Crippen LogP contribution in [0, 0.1) is 0 Å². The van der Waals surface area contributed by atoms with E-state index in [0.29, 0.717) is 11.8 Å². The second-order valence-electron chi connectivity index (χ2n) is 3.35. The largest absolute Gasteiger partial charge is 0.493 e. The first-order valence-electron chi connectivity index (χ1n) is 4.66. The molecule has 0 atom stereocenters. The van der Waals surface area contributed by atoms with E-state index in [1.54, 1.807) is 0 Å². The van der Waals surface area contributed by atoms with Crippen molar-refractivity contribution in [1.29, 1.82) is 0 Å². The van der Waals surface area contributed by atoms with Crippen molar-refractivity contribution in [2.45, 2.75) is 0 Å². The Hall–Kier alpha value is -1.60. The summed E-state index contributed by atoms with van der Waals surface area (Å²) in [5, 5.41) is 0. The number of benzene rings is 1. The molecule has 1 aromatic rings. The third kappa shape index (κ3) is 3.18. The van der Waals surface area contributed by atoms with E-state index < -0.39 is 10.3 Å². The molecule has 0 fully saturated rings. The normalized spacial score (nSPS) is 11.3. The number of carbonyl (C=O) groups excluding carboxylic acids is 1. The van der Waals surface area contributed by atoms with Crippen LogP contribution < -0.4 is 8.92 Å². The predicted octanol–water partition coefficient (Wildman–Crippen LogP) is 0.693. The summed E-state index contributed by atoms with van der Waals surface area (Å²) >= 11 is 0. The fourth-order valence-electron chi connectivity index (χ4n) is 1.02. The first-order valence-corrected chi connectivity index (χ1v) is 6.02. The summed E-state index contributed by atoms with van der Waals surface area (Å²) in [5.41, 5.74) is 0.301. The summed E-state index contributed by atoms with van der Waals surface area (Å²) in [4.78, 5) is 10.6. The van der Waals surface area contributed by atoms with Gasteiger partial charge in [0.2, 0.25) is 0 Å². The summed E-state index contributed by atoms with van der Waals surface area (Å²) in [5.74, 6) is 0.215. The molecule has 0 unspecified atom stereocenters. The van der Waals surface area contributed by atoms with Gasteiger partial charge in [-0.1, -0.05) is 0 Å². The fraction of sp³-hybridized carbons (Fsp3) is 0.300. The second-order valence-corrected chi connectivity index (χ2v) is 5.10. The van der Waals surface area contributed by atoms with Crippen LogP contribution in [0.15, 0.2) is 18.2 Å². The van der Waals surface area contributed by atoms with Gasteiger partial charge in [0.25, 0.3) is 0 Å². The van der Waals surface area contributed by atoms with Crippen molar-refractivity contribution in [3.05, 3.63) is 23.8 Å². The highest BCUT2D eigenvalue weighted by Gasteiger charge is 2.18. The van der Waals surface area contributed by atoms with Gasteiger partial charge in [0.1, 0.15) is 6.29 Å². The SMILES string of the molecule is COc1ccc(C=O)cc1OS(=O)(=O)N(C)C. The van der Waals surface area contributed by atoms with Crippen molar-refractivity contribution in [2.24, 2.45) is 0 Å². The number of ether oxygens (including phenoxy) is 1. The van der Waals surface area contributed by atoms with Crippen LogP contribution in [0.5, 0.6) is 11.5 Å². The average Bonchev–Trinajstić information content (AvgIpc) is 2.28. The van der Waals surface area contributed by atoms with Gasteiger partial charge in [-0.2, -0.15) is 12.7 Å². The number of nitrogens with zero attached hydrogens (tertiary/aromatic N) is 1. The van der Waals surface area contributed by atoms with Crippen LogP contribution in [0.1, 0.15) is 10.4 Å². The summed E-state index contributed by atoms with van der Waals surface area (Å²) in [6, 6.07) is 4.26. The molecule has 0 saturated carbocycles. The maximum Gasteiger partial charge on any atom is 0.384 e. The van der Waals surface area contributed by atoms with Crippen LogP contribution in [-0.4, -0.2) is 40.2 Å². The zero-order valence-corrected chi connectivity index (χ0v) is 10.5. The Morgan fingerprint density at radius 1 is 1.24 bits per heavy atom. The van der Waals surface area contributed by atoms with Crippen molar-refractivity contribution in [3.63, 3.8) is 0 Å². The van der Waals surface area contributed by atoms with Crippen molar-refractivity contribution in [2.75, 3.05) is 21.2 Å². The third-order valence-corrected chi connectivity index (χ3v) is 3.25. The van der Waals surface area contributed by atoms with Gasteiger partial charge in [-0.3, -0.25) is 4.79 Å². The Kier molecular flexibility index (Phi) is 4.08. The Bertz CT molecular complexity index is 509. The molecule has 0 saturated heterocycles. The van der Waals surface area contributed by atoms with Gasteiger partial charge in [-0.25, -0.2) is 0 Å². The molecule has 0 amide bonds. The summed E-state index contributed by atoms with van der Waals surface area (Å²) in [7, 11) is 0.186. The van der Waals surface area contributed by atoms with Crippen molar-refractivity contribution < 1.29 is 22.1 Å². The Balaban J connectivity index is 3.16. The number of aldehydes is 1. The molecule has 0 aromatic heterocycles. The molecule has 0 bridgehead atoms. The van der Waals surface area contributed by atoms with Crippen molar-refractivity contribution in [3.8, 4) is 11.5 Å². The summed E-state index contributed by atoms with van der Waals surface area (Å²) in [6.45, 7) is 0. The Morgan fingerprint density at radius 2 is 1.88 bits per heavy atom. The maximum atomic E-state index is 11.5. The average molecular weight is 259 g/mol. The van der Waals surface area contributed by atoms with E-state index >= 15 is 0 Å². The van der Waals surface area contributed by atoms with Crippen LogP contribution in [-0.2, 0) is 10.3 Å². The lowest BCUT2D eigenvalue weighted by Crippen LogP contribution is -2.27. The molecular formula is C10H13NO5S. The predicted molar refractivity (Wildman–Crippen MR) is 61.6 cm³/mol. The smallest absolute Gasteiger partial charge is 0.384 e. The Labute approximate surface area is 100 Å². The molecule has 0 radical (unpaired) electrons. The molecule has 0 aliphatic heterocycles. The molecule has 7 heteroatoms. The van der Waals surface area contributed by atoms with E-state index in [0.717, 1.165) is 4.31 Å². The van der Waals surface area contributed by atoms with Gasteiger partial charge in [0.15, 0.2) is 11.5 Å². The van der Waals surface area contributed by atoms with E-state index in [9.17, 15) is 13.2 Å². The van der Waals surface area contributed by atoms with Gasteiger partial charge in [-0.15, -0.1) is 0 Å². The molecule has 6 nitrogen and oxygen atoms in total. The Morgan fingerprint density at radius 3 is 2.35 bits per heavy atom. The summed E-state index contributed by atoms with van der Waals surface area (Å²) in [6.07, 6.45) is 0.592. The standard InChI is InChI=1S/C10H13NO5S/c1-11(2)17(13,14)16-10-6-8(7-12)4-5-9(10)15-3/h4-7H,1-3H3. The van der Waals surface area contributed by atoms with Crippen molar-refractivity contribution >= 4 is 16.6 Å². The summed E-state index contributed by atoms with van der Waals surface area (Å²) < 4.78 is 33.8. The lowest BCUT2D eigenvalue weighted by Gasteiger charge is -2.14. The second kappa shape index (κ2) is 5.15. The highest BCUT2D eigenvalue weighted by molar-refractivity contribution is 7.84. The number of hydrogen-bond donors (Lipinski definition) is 0. The van der Waals surface area contributed by atoms with Gasteiger partial charge < -0.3 is 8.92 Å². The zero-order valence-electron chi connectivity index (χ0n) is 9.71. The van der Waals surface area contributed by atoms with Gasteiger partial charge in [0, 0.05) is 19.7 Å². The van der Waals surface area contributed by atoms with E-state index in [1.165, 1.54) is 39.4 Å². The molecule has 0 spiro atoms. The van der Waals surface area contributed by atoms with Gasteiger partial charge in [0.05, 0.1) is 7.11 Å². The molecule has 0 aliphatic carbocycles. The molecule has 1 aromatic carbocycles. The van der Waals surface area contributed by atoms with E-state index in [4.69, 9.17) is 8.92 Å². The minimum absolute atomic E-state index is 0.0224. The van der Waals surface area contributed by atoms with Crippen molar-refractivity contribution in [1.82, 2.24) is 4.31 Å². The highest BCUT2D eigenvalue weighted by Crippen LogP contribution is 2.29. The van der Waals surface area contributed by atoms with Crippen LogP contribution in [0.3, 0.4) is 0 Å². The number of carbonyl (C=O) groups is 1. The lowest BCUT2D eigenvalue weighted by molar-refractivity contribution is 0.112. The third-order valence-electron chi connectivity index (χ3n) is 1.97. The molecule has 0 aliphatic rings. The minimum Gasteiger partial charge on any atom is -0.493 e. The first kappa shape index (κ1) is 13.5. The molecule has 17 heavy (non-hydrogen) atoms. The molecular weight excluding hydrogens is 246 g/mol. The molecule has 0 heterocycles.